The van der Waals surface area contributed by atoms with E-state index in [-0.39, 0.29) is 5.91 Å². The van der Waals surface area contributed by atoms with Crippen molar-refractivity contribution in [2.24, 2.45) is 0 Å². The lowest BCUT2D eigenvalue weighted by molar-refractivity contribution is 0.0943. The minimum atomic E-state index is -0.0842. The number of amides is 1. The highest BCUT2D eigenvalue weighted by molar-refractivity contribution is 5.93. The number of carbonyl (C=O) groups excluding carboxylic acids is 1. The molecule has 102 valence electrons. The number of nitrogens with one attached hydrogen (secondary N) is 1. The van der Waals surface area contributed by atoms with E-state index in [1.807, 2.05) is 28.4 Å². The van der Waals surface area contributed by atoms with E-state index >= 15 is 0 Å². The van der Waals surface area contributed by atoms with Crippen LogP contribution >= 0.6 is 0 Å². The summed E-state index contributed by atoms with van der Waals surface area (Å²) in [6.45, 7) is 4.12. The monoisotopic (exact) mass is 261 g/mol. The zero-order chi connectivity index (χ0) is 13.7. The number of hydrogen-bond donors (Lipinski definition) is 2. The van der Waals surface area contributed by atoms with Gasteiger partial charge in [-0.3, -0.25) is 9.48 Å². The van der Waals surface area contributed by atoms with Crippen LogP contribution < -0.4 is 11.1 Å². The summed E-state index contributed by atoms with van der Waals surface area (Å²) in [4.78, 5) is 12.0. The number of nitrogen functional groups attached to an aromatic ring is 1. The summed E-state index contributed by atoms with van der Waals surface area (Å²) in [6, 6.07) is 3.59. The highest BCUT2D eigenvalue weighted by atomic mass is 16.1. The third-order valence-corrected chi connectivity index (χ3v) is 2.90. The molecule has 0 saturated carbocycles. The maximum atomic E-state index is 12.0. The second kappa shape index (κ2) is 6.08. The summed E-state index contributed by atoms with van der Waals surface area (Å²) in [5.41, 5.74) is 6.92. The van der Waals surface area contributed by atoms with Gasteiger partial charge < -0.3 is 15.6 Å². The van der Waals surface area contributed by atoms with Crippen molar-refractivity contribution < 1.29 is 4.79 Å². The molecule has 0 atom stereocenters. The van der Waals surface area contributed by atoms with Gasteiger partial charge in [0.25, 0.3) is 5.91 Å². The molecule has 0 unspecified atom stereocenters. The number of nitrogens with zero attached hydrogens (tertiary/aromatic N) is 3. The molecule has 0 saturated heterocycles. The van der Waals surface area contributed by atoms with Crippen molar-refractivity contribution in [2.75, 3.05) is 12.3 Å². The molecule has 2 aromatic rings. The Morgan fingerprint density at radius 2 is 2.37 bits per heavy atom. The van der Waals surface area contributed by atoms with Gasteiger partial charge in [0, 0.05) is 38.2 Å². The maximum Gasteiger partial charge on any atom is 0.267 e. The molecule has 0 aliphatic carbocycles. The molecule has 3 N–H and O–H groups in total. The minimum absolute atomic E-state index is 0.0842. The predicted octanol–water partition coefficient (Wildman–Crippen LogP) is 1.11. The molecule has 1 amide bonds. The van der Waals surface area contributed by atoms with E-state index < -0.39 is 0 Å². The minimum Gasteiger partial charge on any atom is -0.397 e. The van der Waals surface area contributed by atoms with Gasteiger partial charge in [-0.1, -0.05) is 0 Å². The van der Waals surface area contributed by atoms with Crippen molar-refractivity contribution in [3.8, 4) is 0 Å². The third-order valence-electron chi connectivity index (χ3n) is 2.90. The lowest BCUT2D eigenvalue weighted by atomic mass is 10.3. The van der Waals surface area contributed by atoms with Crippen LogP contribution in [-0.2, 0) is 13.1 Å². The summed E-state index contributed by atoms with van der Waals surface area (Å²) < 4.78 is 3.69. The standard InChI is InChI=1S/C13H19N5O/c1-2-17-10-11(14)9-12(17)13(19)15-5-3-7-18-8-4-6-16-18/h4,6,8-10H,2-3,5,7,14H2,1H3,(H,15,19). The molecule has 0 aliphatic rings. The third kappa shape index (κ3) is 3.37. The first kappa shape index (κ1) is 13.2. The topological polar surface area (TPSA) is 77.9 Å². The second-order valence-corrected chi connectivity index (χ2v) is 4.32. The van der Waals surface area contributed by atoms with Crippen LogP contribution in [0.2, 0.25) is 0 Å². The first-order valence-electron chi connectivity index (χ1n) is 6.42. The maximum absolute atomic E-state index is 12.0. The molecule has 0 spiro atoms. The van der Waals surface area contributed by atoms with Gasteiger partial charge in [-0.05, 0) is 25.5 Å². The Hall–Kier alpha value is -2.24. The van der Waals surface area contributed by atoms with Crippen molar-refractivity contribution in [1.82, 2.24) is 19.7 Å². The van der Waals surface area contributed by atoms with E-state index in [1.165, 1.54) is 0 Å². The summed E-state index contributed by atoms with van der Waals surface area (Å²) in [6.07, 6.45) is 6.27. The van der Waals surface area contributed by atoms with Crippen LogP contribution in [0.1, 0.15) is 23.8 Å². The van der Waals surface area contributed by atoms with Crippen LogP contribution in [0, 0.1) is 0 Å². The van der Waals surface area contributed by atoms with Gasteiger partial charge in [0.15, 0.2) is 0 Å². The second-order valence-electron chi connectivity index (χ2n) is 4.32. The van der Waals surface area contributed by atoms with Crippen LogP contribution in [-0.4, -0.2) is 26.8 Å². The Kier molecular flexibility index (Phi) is 4.22. The first-order valence-corrected chi connectivity index (χ1v) is 6.42. The van der Waals surface area contributed by atoms with Gasteiger partial charge in [-0.2, -0.15) is 5.10 Å². The molecular weight excluding hydrogens is 242 g/mol. The van der Waals surface area contributed by atoms with Crippen LogP contribution in [0.15, 0.2) is 30.7 Å². The van der Waals surface area contributed by atoms with Crippen LogP contribution in [0.5, 0.6) is 0 Å². The van der Waals surface area contributed by atoms with Crippen LogP contribution in [0.4, 0.5) is 5.69 Å². The zero-order valence-corrected chi connectivity index (χ0v) is 11.0. The number of nitrogens with two attached hydrogens (primary N) is 1. The molecule has 2 aromatic heterocycles. The van der Waals surface area contributed by atoms with Gasteiger partial charge in [-0.15, -0.1) is 0 Å². The number of aryl methyl sites for hydroxylation is 2. The molecule has 0 bridgehead atoms. The van der Waals surface area contributed by atoms with Crippen LogP contribution in [0.25, 0.3) is 0 Å². The molecule has 0 aromatic carbocycles. The Labute approximate surface area is 112 Å². The summed E-state index contributed by atoms with van der Waals surface area (Å²) >= 11 is 0. The van der Waals surface area contributed by atoms with Gasteiger partial charge >= 0.3 is 0 Å². The largest absolute Gasteiger partial charge is 0.397 e. The average molecular weight is 261 g/mol. The first-order chi connectivity index (χ1) is 9.20. The zero-order valence-electron chi connectivity index (χ0n) is 11.0. The molecule has 6 heteroatoms. The van der Waals surface area contributed by atoms with Crippen molar-refractivity contribution >= 4 is 11.6 Å². The van der Waals surface area contributed by atoms with E-state index in [9.17, 15) is 4.79 Å². The van der Waals surface area contributed by atoms with E-state index in [1.54, 1.807) is 18.5 Å². The van der Waals surface area contributed by atoms with E-state index in [4.69, 9.17) is 5.73 Å². The summed E-state index contributed by atoms with van der Waals surface area (Å²) in [5.74, 6) is -0.0842. The van der Waals surface area contributed by atoms with E-state index in [0.29, 0.717) is 17.9 Å². The van der Waals surface area contributed by atoms with Crippen molar-refractivity contribution in [3.63, 3.8) is 0 Å². The smallest absolute Gasteiger partial charge is 0.267 e. The molecular formula is C13H19N5O. The fourth-order valence-corrected chi connectivity index (χ4v) is 1.95. The van der Waals surface area contributed by atoms with Crippen molar-refractivity contribution in [2.45, 2.75) is 26.4 Å². The Bertz CT molecular complexity index is 529. The normalized spacial score (nSPS) is 10.6. The predicted molar refractivity (Wildman–Crippen MR) is 73.7 cm³/mol. The molecule has 0 radical (unpaired) electrons. The molecule has 0 fully saturated rings. The number of aromatic nitrogens is 3. The van der Waals surface area contributed by atoms with Crippen molar-refractivity contribution in [3.05, 3.63) is 36.4 Å². The highest BCUT2D eigenvalue weighted by Crippen LogP contribution is 2.10. The van der Waals surface area contributed by atoms with Gasteiger partial charge in [0.05, 0.1) is 5.69 Å². The fraction of sp³-hybridized carbons (Fsp3) is 0.385. The number of hydrogen-bond acceptors (Lipinski definition) is 3. The number of anilines is 1. The molecule has 19 heavy (non-hydrogen) atoms. The molecule has 2 heterocycles. The lowest BCUT2D eigenvalue weighted by Crippen LogP contribution is -2.27. The molecule has 2 rings (SSSR count). The fourth-order valence-electron chi connectivity index (χ4n) is 1.95. The van der Waals surface area contributed by atoms with Crippen molar-refractivity contribution in [1.29, 1.82) is 0 Å². The summed E-state index contributed by atoms with van der Waals surface area (Å²) in [5, 5.41) is 7.00. The Morgan fingerprint density at radius 1 is 1.53 bits per heavy atom. The van der Waals surface area contributed by atoms with Gasteiger partial charge in [-0.25, -0.2) is 0 Å². The van der Waals surface area contributed by atoms with Gasteiger partial charge in [0.2, 0.25) is 0 Å². The quantitative estimate of drug-likeness (QED) is 0.764. The van der Waals surface area contributed by atoms with E-state index in [0.717, 1.165) is 19.5 Å². The Balaban J connectivity index is 1.80. The van der Waals surface area contributed by atoms with E-state index in [2.05, 4.69) is 10.4 Å². The number of carbonyl (C=O) groups is 1. The van der Waals surface area contributed by atoms with Gasteiger partial charge in [0.1, 0.15) is 5.69 Å². The van der Waals surface area contributed by atoms with Crippen LogP contribution in [0.3, 0.4) is 0 Å². The summed E-state index contributed by atoms with van der Waals surface area (Å²) in [7, 11) is 0. The highest BCUT2D eigenvalue weighted by Gasteiger charge is 2.11. The Morgan fingerprint density at radius 3 is 3.05 bits per heavy atom. The molecule has 0 aliphatic heterocycles. The average Bonchev–Trinajstić information content (AvgIpc) is 3.03. The number of rotatable bonds is 6. The molecule has 6 nitrogen and oxygen atoms in total. The SMILES string of the molecule is CCn1cc(N)cc1C(=O)NCCCn1cccn1. The lowest BCUT2D eigenvalue weighted by Gasteiger charge is -2.07.